The monoisotopic (exact) mass is 380 g/mol. The van der Waals surface area contributed by atoms with Crippen molar-refractivity contribution in [1.82, 2.24) is 21.1 Å². The Balaban J connectivity index is 1.28. The summed E-state index contributed by atoms with van der Waals surface area (Å²) in [7, 11) is 0. The van der Waals surface area contributed by atoms with Crippen LogP contribution in [0.5, 0.6) is 0 Å². The topological polar surface area (TPSA) is 65.6 Å². The van der Waals surface area contributed by atoms with Crippen molar-refractivity contribution in [2.75, 3.05) is 32.8 Å². The lowest BCUT2D eigenvalue weighted by Gasteiger charge is -2.33. The number of ether oxygens (including phenoxy) is 1. The second-order valence-electron chi connectivity index (χ2n) is 7.48. The van der Waals surface area contributed by atoms with E-state index in [1.165, 1.54) is 5.56 Å². The van der Waals surface area contributed by atoms with Crippen LogP contribution < -0.4 is 16.2 Å². The van der Waals surface area contributed by atoms with Gasteiger partial charge in [-0.05, 0) is 11.1 Å². The number of nitrogens with one attached hydrogen (secondary N) is 3. The Morgan fingerprint density at radius 3 is 2.64 bits per heavy atom. The van der Waals surface area contributed by atoms with Crippen molar-refractivity contribution in [3.8, 4) is 0 Å². The third-order valence-corrected chi connectivity index (χ3v) is 5.45. The summed E-state index contributed by atoms with van der Waals surface area (Å²) in [5.41, 5.74) is 8.78. The zero-order valence-electron chi connectivity index (χ0n) is 16.0. The first-order valence-electron chi connectivity index (χ1n) is 9.98. The number of carbonyl (C=O) groups is 1. The first kappa shape index (κ1) is 19.1. The van der Waals surface area contributed by atoms with Gasteiger partial charge in [-0.3, -0.25) is 15.1 Å². The molecule has 2 aromatic carbocycles. The number of rotatable bonds is 6. The Bertz CT molecular complexity index is 756. The first-order chi connectivity index (χ1) is 13.8. The summed E-state index contributed by atoms with van der Waals surface area (Å²) in [4.78, 5) is 15.2. The first-order valence-corrected chi connectivity index (χ1v) is 9.98. The number of hydrogen-bond acceptors (Lipinski definition) is 5. The van der Waals surface area contributed by atoms with E-state index in [1.54, 1.807) is 0 Å². The normalized spacial score (nSPS) is 25.5. The van der Waals surface area contributed by atoms with Crippen LogP contribution >= 0.6 is 0 Å². The van der Waals surface area contributed by atoms with E-state index in [9.17, 15) is 4.79 Å². The van der Waals surface area contributed by atoms with Gasteiger partial charge in [0.15, 0.2) is 0 Å². The van der Waals surface area contributed by atoms with Crippen molar-refractivity contribution in [2.24, 2.45) is 5.92 Å². The largest absolute Gasteiger partial charge is 0.374 e. The molecule has 1 amide bonds. The fraction of sp³-hybridized carbons (Fsp3) is 0.409. The van der Waals surface area contributed by atoms with Gasteiger partial charge in [0.2, 0.25) is 5.91 Å². The lowest BCUT2D eigenvalue weighted by atomic mass is 9.94. The highest BCUT2D eigenvalue weighted by Gasteiger charge is 2.34. The Labute approximate surface area is 166 Å². The fourth-order valence-corrected chi connectivity index (χ4v) is 3.95. The molecule has 2 fully saturated rings. The van der Waals surface area contributed by atoms with E-state index in [2.05, 4.69) is 57.5 Å². The maximum absolute atomic E-state index is 12.8. The van der Waals surface area contributed by atoms with Crippen molar-refractivity contribution >= 4 is 5.91 Å². The summed E-state index contributed by atoms with van der Waals surface area (Å²) < 4.78 is 5.88. The van der Waals surface area contributed by atoms with E-state index >= 15 is 0 Å². The van der Waals surface area contributed by atoms with Crippen molar-refractivity contribution < 1.29 is 9.53 Å². The lowest BCUT2D eigenvalue weighted by Crippen LogP contribution is -2.48. The van der Waals surface area contributed by atoms with E-state index in [0.29, 0.717) is 19.7 Å². The summed E-state index contributed by atoms with van der Waals surface area (Å²) in [5.74, 6) is -0.0680. The molecule has 3 unspecified atom stereocenters. The Morgan fingerprint density at radius 1 is 1.11 bits per heavy atom. The fourth-order valence-electron chi connectivity index (χ4n) is 3.95. The molecule has 0 spiro atoms. The Morgan fingerprint density at radius 2 is 1.86 bits per heavy atom. The van der Waals surface area contributed by atoms with Crippen LogP contribution in [0.4, 0.5) is 0 Å². The number of amides is 1. The molecule has 2 aromatic rings. The van der Waals surface area contributed by atoms with E-state index in [0.717, 1.165) is 25.2 Å². The van der Waals surface area contributed by atoms with E-state index < -0.39 is 0 Å². The van der Waals surface area contributed by atoms with Crippen LogP contribution in [0, 0.1) is 5.92 Å². The summed E-state index contributed by atoms with van der Waals surface area (Å²) in [6.07, 6.45) is 0.0268. The maximum atomic E-state index is 12.8. The quantitative estimate of drug-likeness (QED) is 0.708. The standard InChI is InChI=1S/C22H28N4O2/c27-22(20-14-24-25-21(20)18-9-5-2-6-10-18)23-13-19-16-26(11-12-28-19)15-17-7-3-1-4-8-17/h1-10,19-21,24-25H,11-16H2,(H,23,27). The highest BCUT2D eigenvalue weighted by molar-refractivity contribution is 5.80. The van der Waals surface area contributed by atoms with Gasteiger partial charge in [-0.15, -0.1) is 0 Å². The molecule has 2 heterocycles. The molecule has 0 aromatic heterocycles. The summed E-state index contributed by atoms with van der Waals surface area (Å²) >= 11 is 0. The predicted molar refractivity (Wildman–Crippen MR) is 108 cm³/mol. The minimum Gasteiger partial charge on any atom is -0.374 e. The van der Waals surface area contributed by atoms with Gasteiger partial charge in [0.25, 0.3) is 0 Å². The molecule has 6 nitrogen and oxygen atoms in total. The van der Waals surface area contributed by atoms with Gasteiger partial charge < -0.3 is 10.1 Å². The third kappa shape index (κ3) is 4.77. The van der Waals surface area contributed by atoms with Gasteiger partial charge in [-0.2, -0.15) is 0 Å². The van der Waals surface area contributed by atoms with Gasteiger partial charge in [0.1, 0.15) is 0 Å². The smallest absolute Gasteiger partial charge is 0.226 e. The summed E-state index contributed by atoms with van der Waals surface area (Å²) in [6.45, 7) is 4.54. The number of hydrogen-bond donors (Lipinski definition) is 3. The zero-order valence-corrected chi connectivity index (χ0v) is 16.0. The third-order valence-electron chi connectivity index (χ3n) is 5.45. The molecule has 6 heteroatoms. The second kappa shape index (κ2) is 9.30. The van der Waals surface area contributed by atoms with E-state index in [4.69, 9.17) is 4.74 Å². The molecule has 0 radical (unpaired) electrons. The molecular weight excluding hydrogens is 352 g/mol. The minimum atomic E-state index is -0.133. The number of hydrazine groups is 1. The SMILES string of the molecule is O=C(NCC1CN(Cc2ccccc2)CCO1)C1CNNC1c1ccccc1. The van der Waals surface area contributed by atoms with Crippen molar-refractivity contribution in [1.29, 1.82) is 0 Å². The van der Waals surface area contributed by atoms with Crippen molar-refractivity contribution in [2.45, 2.75) is 18.7 Å². The van der Waals surface area contributed by atoms with Gasteiger partial charge >= 0.3 is 0 Å². The van der Waals surface area contributed by atoms with Gasteiger partial charge in [-0.25, -0.2) is 5.43 Å². The van der Waals surface area contributed by atoms with Crippen LogP contribution in [0.15, 0.2) is 60.7 Å². The average Bonchev–Trinajstić information content (AvgIpc) is 3.24. The molecule has 3 N–H and O–H groups in total. The van der Waals surface area contributed by atoms with E-state index in [1.807, 2.05) is 24.3 Å². The number of nitrogens with zero attached hydrogens (tertiary/aromatic N) is 1. The Kier molecular flexibility index (Phi) is 6.34. The molecule has 2 saturated heterocycles. The molecule has 0 bridgehead atoms. The molecule has 3 atom stereocenters. The number of morpholine rings is 1. The number of carbonyl (C=O) groups excluding carboxylic acids is 1. The summed E-state index contributed by atoms with van der Waals surface area (Å²) in [6, 6.07) is 20.6. The molecule has 0 aliphatic carbocycles. The van der Waals surface area contributed by atoms with Crippen LogP contribution in [0.25, 0.3) is 0 Å². The Hall–Kier alpha value is -2.25. The van der Waals surface area contributed by atoms with Crippen molar-refractivity contribution in [3.05, 3.63) is 71.8 Å². The number of benzene rings is 2. The van der Waals surface area contributed by atoms with Gasteiger partial charge in [-0.1, -0.05) is 60.7 Å². The highest BCUT2D eigenvalue weighted by Crippen LogP contribution is 2.24. The summed E-state index contributed by atoms with van der Waals surface area (Å²) in [5, 5.41) is 3.11. The second-order valence-corrected chi connectivity index (χ2v) is 7.48. The van der Waals surface area contributed by atoms with E-state index in [-0.39, 0.29) is 24.0 Å². The van der Waals surface area contributed by atoms with Crippen LogP contribution in [-0.4, -0.2) is 49.7 Å². The molecule has 0 saturated carbocycles. The van der Waals surface area contributed by atoms with Crippen LogP contribution in [0.3, 0.4) is 0 Å². The van der Waals surface area contributed by atoms with Crippen LogP contribution in [-0.2, 0) is 16.1 Å². The average molecular weight is 380 g/mol. The van der Waals surface area contributed by atoms with Crippen molar-refractivity contribution in [3.63, 3.8) is 0 Å². The van der Waals surface area contributed by atoms with Crippen LogP contribution in [0.1, 0.15) is 17.2 Å². The highest BCUT2D eigenvalue weighted by atomic mass is 16.5. The maximum Gasteiger partial charge on any atom is 0.226 e. The molecule has 4 rings (SSSR count). The van der Waals surface area contributed by atoms with Gasteiger partial charge in [0, 0.05) is 32.7 Å². The zero-order chi connectivity index (χ0) is 19.2. The lowest BCUT2D eigenvalue weighted by molar-refractivity contribution is -0.126. The minimum absolute atomic E-state index is 0.0111. The molecule has 28 heavy (non-hydrogen) atoms. The van der Waals surface area contributed by atoms with Gasteiger partial charge in [0.05, 0.1) is 24.7 Å². The van der Waals surface area contributed by atoms with Crippen LogP contribution in [0.2, 0.25) is 0 Å². The molecule has 2 aliphatic heterocycles. The molecule has 2 aliphatic rings. The molecule has 148 valence electrons. The molecular formula is C22H28N4O2. The predicted octanol–water partition coefficient (Wildman–Crippen LogP) is 1.47.